The SMILES string of the molecule is CCNC(C)c1ccc(OC2CCCC(OC)C2)c(F)c1. The first-order chi connectivity index (χ1) is 10.1. The van der Waals surface area contributed by atoms with E-state index in [1.54, 1.807) is 19.2 Å². The highest BCUT2D eigenvalue weighted by Crippen LogP contribution is 2.28. The highest BCUT2D eigenvalue weighted by Gasteiger charge is 2.24. The molecule has 1 aromatic rings. The van der Waals surface area contributed by atoms with Crippen molar-refractivity contribution in [1.29, 1.82) is 0 Å². The second-order valence-electron chi connectivity index (χ2n) is 5.73. The molecular formula is C17H26FNO2. The van der Waals surface area contributed by atoms with Crippen LogP contribution in [0.5, 0.6) is 5.75 Å². The second kappa shape index (κ2) is 7.76. The number of ether oxygens (including phenoxy) is 2. The predicted molar refractivity (Wildman–Crippen MR) is 82.2 cm³/mol. The monoisotopic (exact) mass is 295 g/mol. The maximum atomic E-state index is 14.2. The Morgan fingerprint density at radius 1 is 1.33 bits per heavy atom. The van der Waals surface area contributed by atoms with Gasteiger partial charge in [-0.3, -0.25) is 0 Å². The molecule has 1 N–H and O–H groups in total. The largest absolute Gasteiger partial charge is 0.487 e. The quantitative estimate of drug-likeness (QED) is 0.865. The first-order valence-corrected chi connectivity index (χ1v) is 7.86. The van der Waals surface area contributed by atoms with Gasteiger partial charge < -0.3 is 14.8 Å². The zero-order valence-electron chi connectivity index (χ0n) is 13.2. The van der Waals surface area contributed by atoms with Crippen LogP contribution in [0.25, 0.3) is 0 Å². The van der Waals surface area contributed by atoms with Crippen LogP contribution in [0, 0.1) is 5.82 Å². The molecule has 0 aromatic heterocycles. The Bertz CT molecular complexity index is 452. The number of halogens is 1. The molecule has 1 aliphatic rings. The van der Waals surface area contributed by atoms with Gasteiger partial charge in [-0.05, 0) is 50.4 Å². The van der Waals surface area contributed by atoms with E-state index in [9.17, 15) is 4.39 Å². The molecule has 0 spiro atoms. The highest BCUT2D eigenvalue weighted by atomic mass is 19.1. The van der Waals surface area contributed by atoms with Crippen molar-refractivity contribution in [2.24, 2.45) is 0 Å². The summed E-state index contributed by atoms with van der Waals surface area (Å²) in [5.74, 6) is 0.0704. The first kappa shape index (κ1) is 16.2. The lowest BCUT2D eigenvalue weighted by Crippen LogP contribution is -2.29. The number of hydrogen-bond donors (Lipinski definition) is 1. The fourth-order valence-corrected chi connectivity index (χ4v) is 2.91. The van der Waals surface area contributed by atoms with Crippen molar-refractivity contribution >= 4 is 0 Å². The Hall–Kier alpha value is -1.13. The van der Waals surface area contributed by atoms with Gasteiger partial charge in [0, 0.05) is 19.6 Å². The number of hydrogen-bond acceptors (Lipinski definition) is 3. The molecule has 1 aromatic carbocycles. The lowest BCUT2D eigenvalue weighted by molar-refractivity contribution is 0.0197. The van der Waals surface area contributed by atoms with Crippen molar-refractivity contribution in [3.63, 3.8) is 0 Å². The molecule has 0 bridgehead atoms. The van der Waals surface area contributed by atoms with Crippen molar-refractivity contribution in [1.82, 2.24) is 5.32 Å². The molecule has 0 heterocycles. The van der Waals surface area contributed by atoms with Gasteiger partial charge in [0.1, 0.15) is 6.10 Å². The van der Waals surface area contributed by atoms with Gasteiger partial charge in [0.25, 0.3) is 0 Å². The molecule has 3 atom stereocenters. The molecule has 4 heteroatoms. The lowest BCUT2D eigenvalue weighted by Gasteiger charge is -2.28. The van der Waals surface area contributed by atoms with Gasteiger partial charge in [-0.15, -0.1) is 0 Å². The summed E-state index contributed by atoms with van der Waals surface area (Å²) in [6, 6.07) is 5.39. The van der Waals surface area contributed by atoms with Crippen LogP contribution in [0.2, 0.25) is 0 Å². The van der Waals surface area contributed by atoms with Gasteiger partial charge in [-0.1, -0.05) is 13.0 Å². The van der Waals surface area contributed by atoms with E-state index in [1.807, 2.05) is 19.9 Å². The molecule has 0 aliphatic heterocycles. The van der Waals surface area contributed by atoms with E-state index in [1.165, 1.54) is 0 Å². The molecular weight excluding hydrogens is 269 g/mol. The Kier molecular flexibility index (Phi) is 6.00. The van der Waals surface area contributed by atoms with Gasteiger partial charge in [-0.25, -0.2) is 4.39 Å². The smallest absolute Gasteiger partial charge is 0.165 e. The van der Waals surface area contributed by atoms with Crippen molar-refractivity contribution < 1.29 is 13.9 Å². The normalized spacial score (nSPS) is 23.8. The molecule has 2 rings (SSSR count). The molecule has 21 heavy (non-hydrogen) atoms. The van der Waals surface area contributed by atoms with Crippen molar-refractivity contribution in [3.05, 3.63) is 29.6 Å². The summed E-state index contributed by atoms with van der Waals surface area (Å²) in [6.45, 7) is 4.93. The Labute approximate surface area is 126 Å². The lowest BCUT2D eigenvalue weighted by atomic mass is 9.95. The van der Waals surface area contributed by atoms with Crippen molar-refractivity contribution in [2.75, 3.05) is 13.7 Å². The second-order valence-corrected chi connectivity index (χ2v) is 5.73. The van der Waals surface area contributed by atoms with Gasteiger partial charge in [0.2, 0.25) is 0 Å². The number of rotatable bonds is 6. The maximum Gasteiger partial charge on any atom is 0.165 e. The van der Waals surface area contributed by atoms with Gasteiger partial charge in [0.05, 0.1) is 6.10 Å². The Morgan fingerprint density at radius 3 is 2.76 bits per heavy atom. The van der Waals surface area contributed by atoms with Gasteiger partial charge in [0.15, 0.2) is 11.6 Å². The minimum atomic E-state index is -0.281. The predicted octanol–water partition coefficient (Wildman–Crippen LogP) is 3.83. The van der Waals surface area contributed by atoms with E-state index in [0.29, 0.717) is 5.75 Å². The summed E-state index contributed by atoms with van der Waals surface area (Å²) in [6.07, 6.45) is 4.23. The summed E-state index contributed by atoms with van der Waals surface area (Å²) >= 11 is 0. The van der Waals surface area contributed by atoms with Crippen LogP contribution < -0.4 is 10.1 Å². The van der Waals surface area contributed by atoms with Crippen LogP contribution in [0.4, 0.5) is 4.39 Å². The first-order valence-electron chi connectivity index (χ1n) is 7.86. The van der Waals surface area contributed by atoms with Crippen LogP contribution in [0.3, 0.4) is 0 Å². The number of methoxy groups -OCH3 is 1. The topological polar surface area (TPSA) is 30.5 Å². The van der Waals surface area contributed by atoms with E-state index < -0.39 is 0 Å². The zero-order chi connectivity index (χ0) is 15.2. The van der Waals surface area contributed by atoms with E-state index in [4.69, 9.17) is 9.47 Å². The van der Waals surface area contributed by atoms with Crippen LogP contribution in [0.15, 0.2) is 18.2 Å². The van der Waals surface area contributed by atoms with Crippen molar-refractivity contribution in [3.8, 4) is 5.75 Å². The summed E-state index contributed by atoms with van der Waals surface area (Å²) in [5, 5.41) is 3.28. The molecule has 0 saturated heterocycles. The molecule has 1 aliphatic carbocycles. The molecule has 118 valence electrons. The third kappa shape index (κ3) is 4.42. The molecule has 0 radical (unpaired) electrons. The van der Waals surface area contributed by atoms with Crippen molar-refractivity contribution in [2.45, 2.75) is 57.8 Å². The zero-order valence-corrected chi connectivity index (χ0v) is 13.2. The molecule has 3 unspecified atom stereocenters. The van der Waals surface area contributed by atoms with Crippen LogP contribution >= 0.6 is 0 Å². The number of benzene rings is 1. The fraction of sp³-hybridized carbons (Fsp3) is 0.647. The van der Waals surface area contributed by atoms with Gasteiger partial charge >= 0.3 is 0 Å². The van der Waals surface area contributed by atoms with Crippen LogP contribution in [-0.2, 0) is 4.74 Å². The average molecular weight is 295 g/mol. The molecule has 0 amide bonds. The highest BCUT2D eigenvalue weighted by molar-refractivity contribution is 5.31. The standard InChI is InChI=1S/C17H26FNO2/c1-4-19-12(2)13-8-9-17(16(18)10-13)21-15-7-5-6-14(11-15)20-3/h8-10,12,14-15,19H,4-7,11H2,1-3H3. The van der Waals surface area contributed by atoms with Gasteiger partial charge in [-0.2, -0.15) is 0 Å². The third-order valence-electron chi connectivity index (χ3n) is 4.17. The molecule has 1 saturated carbocycles. The molecule has 1 fully saturated rings. The van der Waals surface area contributed by atoms with E-state index in [2.05, 4.69) is 5.32 Å². The van der Waals surface area contributed by atoms with Crippen LogP contribution in [-0.4, -0.2) is 25.9 Å². The Balaban J connectivity index is 2.00. The van der Waals surface area contributed by atoms with E-state index in [-0.39, 0.29) is 24.1 Å². The summed E-state index contributed by atoms with van der Waals surface area (Å²) in [5.41, 5.74) is 0.945. The molecule has 3 nitrogen and oxygen atoms in total. The number of nitrogens with one attached hydrogen (secondary N) is 1. The van der Waals surface area contributed by atoms with Crippen LogP contribution in [0.1, 0.15) is 51.1 Å². The Morgan fingerprint density at radius 2 is 2.10 bits per heavy atom. The third-order valence-corrected chi connectivity index (χ3v) is 4.17. The average Bonchev–Trinajstić information content (AvgIpc) is 2.49. The minimum Gasteiger partial charge on any atom is -0.487 e. The van der Waals surface area contributed by atoms with E-state index >= 15 is 0 Å². The fourth-order valence-electron chi connectivity index (χ4n) is 2.91. The summed E-state index contributed by atoms with van der Waals surface area (Å²) in [4.78, 5) is 0. The maximum absolute atomic E-state index is 14.2. The summed E-state index contributed by atoms with van der Waals surface area (Å²) in [7, 11) is 1.73. The summed E-state index contributed by atoms with van der Waals surface area (Å²) < 4.78 is 25.4. The minimum absolute atomic E-state index is 0.0511. The van der Waals surface area contributed by atoms with E-state index in [0.717, 1.165) is 37.8 Å².